The molecule has 0 aliphatic carbocycles. The Labute approximate surface area is 188 Å². The standard InChI is InChI=1S/C22H24F3N3O5/c1-27-8-4-15(26-27)13-31-16-2-3-17-18(12-16)32-14-21(17)6-10-28(11-7-21)9-5-19(29)33-20(30)22(23,24)25/h2-4,8,12H,5-7,9-11,13-14H2,1H3. The lowest BCUT2D eigenvalue weighted by atomic mass is 9.74. The molecule has 1 spiro atoms. The van der Waals surface area contributed by atoms with E-state index in [2.05, 4.69) is 9.84 Å². The van der Waals surface area contributed by atoms with E-state index >= 15 is 0 Å². The van der Waals surface area contributed by atoms with Gasteiger partial charge in [0.25, 0.3) is 0 Å². The molecule has 0 bridgehead atoms. The first-order chi connectivity index (χ1) is 15.6. The minimum Gasteiger partial charge on any atom is -0.492 e. The molecule has 2 aromatic rings. The van der Waals surface area contributed by atoms with E-state index in [1.807, 2.05) is 42.4 Å². The maximum Gasteiger partial charge on any atom is 0.491 e. The van der Waals surface area contributed by atoms with Gasteiger partial charge >= 0.3 is 18.1 Å². The Bertz CT molecular complexity index is 1030. The lowest BCUT2D eigenvalue weighted by Gasteiger charge is -2.38. The third kappa shape index (κ3) is 5.29. The summed E-state index contributed by atoms with van der Waals surface area (Å²) >= 11 is 0. The normalized spacial score (nSPS) is 17.5. The number of alkyl halides is 3. The fraction of sp³-hybridized carbons (Fsp3) is 0.500. The first kappa shape index (κ1) is 23.1. The van der Waals surface area contributed by atoms with Crippen molar-refractivity contribution in [1.82, 2.24) is 14.7 Å². The fourth-order valence-electron chi connectivity index (χ4n) is 4.22. The topological polar surface area (TPSA) is 82.9 Å². The second-order valence-corrected chi connectivity index (χ2v) is 8.35. The molecule has 0 radical (unpaired) electrons. The number of benzene rings is 1. The largest absolute Gasteiger partial charge is 0.492 e. The molecular weight excluding hydrogens is 443 g/mol. The van der Waals surface area contributed by atoms with E-state index in [1.54, 1.807) is 4.68 Å². The van der Waals surface area contributed by atoms with Crippen LogP contribution in [0.5, 0.6) is 11.5 Å². The highest BCUT2D eigenvalue weighted by Crippen LogP contribution is 2.46. The third-order valence-corrected chi connectivity index (χ3v) is 6.07. The van der Waals surface area contributed by atoms with Crippen LogP contribution in [0.2, 0.25) is 0 Å². The van der Waals surface area contributed by atoms with Crippen LogP contribution >= 0.6 is 0 Å². The number of carbonyl (C=O) groups excluding carboxylic acids is 2. The summed E-state index contributed by atoms with van der Waals surface area (Å²) in [4.78, 5) is 24.2. The average molecular weight is 467 g/mol. The van der Waals surface area contributed by atoms with Crippen molar-refractivity contribution >= 4 is 11.9 Å². The average Bonchev–Trinajstić information content (AvgIpc) is 3.35. The quantitative estimate of drug-likeness (QED) is 0.477. The third-order valence-electron chi connectivity index (χ3n) is 6.07. The Morgan fingerprint density at radius 3 is 2.64 bits per heavy atom. The van der Waals surface area contributed by atoms with Gasteiger partial charge in [-0.15, -0.1) is 0 Å². The molecule has 0 N–H and O–H groups in total. The van der Waals surface area contributed by atoms with Crippen LogP contribution in [0.25, 0.3) is 0 Å². The lowest BCUT2D eigenvalue weighted by Crippen LogP contribution is -2.44. The molecule has 1 saturated heterocycles. The molecule has 0 amide bonds. The highest BCUT2D eigenvalue weighted by Gasteiger charge is 2.44. The number of nitrogens with zero attached hydrogens (tertiary/aromatic N) is 3. The van der Waals surface area contributed by atoms with Gasteiger partial charge in [0.1, 0.15) is 18.1 Å². The van der Waals surface area contributed by atoms with Crippen molar-refractivity contribution in [3.8, 4) is 11.5 Å². The number of ether oxygens (including phenoxy) is 3. The molecular formula is C22H24F3N3O5. The number of rotatable bonds is 6. The summed E-state index contributed by atoms with van der Waals surface area (Å²) in [7, 11) is 1.85. The van der Waals surface area contributed by atoms with E-state index in [0.29, 0.717) is 32.1 Å². The highest BCUT2D eigenvalue weighted by molar-refractivity contribution is 5.88. The summed E-state index contributed by atoms with van der Waals surface area (Å²) in [5.74, 6) is -2.17. The zero-order valence-corrected chi connectivity index (χ0v) is 18.1. The molecule has 4 rings (SSSR count). The van der Waals surface area contributed by atoms with E-state index in [-0.39, 0.29) is 18.4 Å². The van der Waals surface area contributed by atoms with Crippen molar-refractivity contribution in [2.45, 2.75) is 37.5 Å². The Hall–Kier alpha value is -3.08. The lowest BCUT2D eigenvalue weighted by molar-refractivity contribution is -0.201. The number of piperidine rings is 1. The Morgan fingerprint density at radius 1 is 1.21 bits per heavy atom. The van der Waals surface area contributed by atoms with Gasteiger partial charge in [-0.3, -0.25) is 9.48 Å². The van der Waals surface area contributed by atoms with Crippen LogP contribution < -0.4 is 9.47 Å². The zero-order valence-electron chi connectivity index (χ0n) is 18.1. The molecule has 1 fully saturated rings. The van der Waals surface area contributed by atoms with E-state index in [1.165, 1.54) is 0 Å². The van der Waals surface area contributed by atoms with Crippen molar-refractivity contribution in [1.29, 1.82) is 0 Å². The molecule has 2 aliphatic rings. The second-order valence-electron chi connectivity index (χ2n) is 8.35. The highest BCUT2D eigenvalue weighted by atomic mass is 19.4. The van der Waals surface area contributed by atoms with Crippen molar-refractivity contribution in [3.63, 3.8) is 0 Å². The monoisotopic (exact) mass is 467 g/mol. The Kier molecular flexibility index (Phi) is 6.33. The summed E-state index contributed by atoms with van der Waals surface area (Å²) in [5, 5.41) is 4.28. The van der Waals surface area contributed by atoms with Crippen molar-refractivity contribution < 1.29 is 37.0 Å². The summed E-state index contributed by atoms with van der Waals surface area (Å²) in [6.45, 7) is 2.44. The van der Waals surface area contributed by atoms with Crippen LogP contribution in [0.15, 0.2) is 30.5 Å². The first-order valence-corrected chi connectivity index (χ1v) is 10.6. The molecule has 0 saturated carbocycles. The zero-order chi connectivity index (χ0) is 23.6. The molecule has 0 unspecified atom stereocenters. The number of hydrogen-bond acceptors (Lipinski definition) is 7. The van der Waals surface area contributed by atoms with Crippen molar-refractivity contribution in [3.05, 3.63) is 41.7 Å². The summed E-state index contributed by atoms with van der Waals surface area (Å²) in [6.07, 6.45) is -2.04. The molecule has 0 atom stereocenters. The molecule has 33 heavy (non-hydrogen) atoms. The maximum atomic E-state index is 12.2. The number of likely N-dealkylation sites (tertiary alicyclic amines) is 1. The first-order valence-electron chi connectivity index (χ1n) is 10.6. The van der Waals surface area contributed by atoms with Crippen LogP contribution in [0, 0.1) is 0 Å². The Morgan fingerprint density at radius 2 is 1.97 bits per heavy atom. The number of hydrogen-bond donors (Lipinski definition) is 0. The summed E-state index contributed by atoms with van der Waals surface area (Å²) in [6, 6.07) is 7.71. The SMILES string of the molecule is Cn1ccc(COc2ccc3c(c2)OCC32CCN(CCC(=O)OC(=O)C(F)(F)F)CC2)n1. The predicted octanol–water partition coefficient (Wildman–Crippen LogP) is 2.75. The van der Waals surface area contributed by atoms with Gasteiger partial charge in [-0.05, 0) is 38.1 Å². The number of fused-ring (bicyclic) bond motifs is 2. The molecule has 178 valence electrons. The van der Waals surface area contributed by atoms with Gasteiger partial charge in [-0.25, -0.2) is 4.79 Å². The van der Waals surface area contributed by atoms with Gasteiger partial charge in [0.2, 0.25) is 0 Å². The van der Waals surface area contributed by atoms with Crippen LogP contribution in [-0.4, -0.2) is 59.0 Å². The minimum atomic E-state index is -5.17. The maximum absolute atomic E-state index is 12.2. The predicted molar refractivity (Wildman–Crippen MR) is 109 cm³/mol. The summed E-state index contributed by atoms with van der Waals surface area (Å²) < 4.78 is 53.9. The second kappa shape index (κ2) is 9.05. The smallest absolute Gasteiger partial charge is 0.491 e. The van der Waals surface area contributed by atoms with E-state index < -0.39 is 18.1 Å². The van der Waals surface area contributed by atoms with Gasteiger partial charge in [0.05, 0.1) is 18.7 Å². The molecule has 1 aromatic carbocycles. The van der Waals surface area contributed by atoms with Gasteiger partial charge in [0, 0.05) is 36.8 Å². The minimum absolute atomic E-state index is 0.141. The van der Waals surface area contributed by atoms with Crippen molar-refractivity contribution in [2.24, 2.45) is 7.05 Å². The van der Waals surface area contributed by atoms with Gasteiger partial charge in [0.15, 0.2) is 0 Å². The molecule has 1 aromatic heterocycles. The van der Waals surface area contributed by atoms with Crippen LogP contribution in [0.4, 0.5) is 13.2 Å². The van der Waals surface area contributed by atoms with E-state index in [9.17, 15) is 22.8 Å². The fourth-order valence-corrected chi connectivity index (χ4v) is 4.22. The number of esters is 2. The number of carbonyl (C=O) groups is 2. The van der Waals surface area contributed by atoms with Crippen LogP contribution in [0.1, 0.15) is 30.5 Å². The molecule has 2 aliphatic heterocycles. The molecule has 3 heterocycles. The number of aromatic nitrogens is 2. The number of aryl methyl sites for hydroxylation is 1. The number of halogens is 3. The van der Waals surface area contributed by atoms with Crippen LogP contribution in [0.3, 0.4) is 0 Å². The molecule has 11 heteroatoms. The van der Waals surface area contributed by atoms with Crippen LogP contribution in [-0.2, 0) is 33.4 Å². The van der Waals surface area contributed by atoms with Crippen molar-refractivity contribution in [2.75, 3.05) is 26.2 Å². The Balaban J connectivity index is 1.28. The summed E-state index contributed by atoms with van der Waals surface area (Å²) in [5.41, 5.74) is 1.80. The van der Waals surface area contributed by atoms with Gasteiger partial charge in [-0.2, -0.15) is 18.3 Å². The van der Waals surface area contributed by atoms with E-state index in [0.717, 1.165) is 29.8 Å². The van der Waals surface area contributed by atoms with E-state index in [4.69, 9.17) is 9.47 Å². The van der Waals surface area contributed by atoms with Gasteiger partial charge in [-0.1, -0.05) is 6.07 Å². The van der Waals surface area contributed by atoms with Gasteiger partial charge < -0.3 is 19.1 Å². The molecule has 8 nitrogen and oxygen atoms in total.